The van der Waals surface area contributed by atoms with Crippen LogP contribution in [0.4, 0.5) is 0 Å². The third kappa shape index (κ3) is 4.62. The molecule has 0 saturated carbocycles. The van der Waals surface area contributed by atoms with Crippen LogP contribution in [0.5, 0.6) is 0 Å². The van der Waals surface area contributed by atoms with Gasteiger partial charge in [-0.25, -0.2) is 0 Å². The molecule has 0 N–H and O–H groups in total. The van der Waals surface area contributed by atoms with E-state index in [1.165, 1.54) is 33.9 Å². The Balaban J connectivity index is 1.10. The van der Waals surface area contributed by atoms with Gasteiger partial charge in [0.25, 0.3) is 0 Å². The first-order valence-electron chi connectivity index (χ1n) is 19.4. The normalized spacial score (nSPS) is 13.1. The van der Waals surface area contributed by atoms with Gasteiger partial charge in [-0.15, -0.1) is 0 Å². The molecule has 8 aromatic carbocycles. The van der Waals surface area contributed by atoms with Crippen LogP contribution in [0.25, 0.3) is 83.3 Å². The van der Waals surface area contributed by atoms with Crippen molar-refractivity contribution < 1.29 is 4.42 Å². The van der Waals surface area contributed by atoms with Crippen LogP contribution in [0.2, 0.25) is 0 Å². The molecule has 4 nitrogen and oxygen atoms in total. The molecule has 0 radical (unpaired) electrons. The van der Waals surface area contributed by atoms with Gasteiger partial charge in [0, 0.05) is 5.39 Å². The van der Waals surface area contributed by atoms with Crippen LogP contribution in [-0.2, 0) is 0 Å². The van der Waals surface area contributed by atoms with E-state index in [4.69, 9.17) is 14.4 Å². The van der Waals surface area contributed by atoms with Gasteiger partial charge in [0.15, 0.2) is 0 Å². The van der Waals surface area contributed by atoms with Crippen LogP contribution in [0.15, 0.2) is 205 Å². The van der Waals surface area contributed by atoms with E-state index in [-0.39, 0.29) is 0 Å². The van der Waals surface area contributed by atoms with Gasteiger partial charge in [-0.2, -0.15) is 0 Å². The summed E-state index contributed by atoms with van der Waals surface area (Å²) in [6.07, 6.45) is 0. The van der Waals surface area contributed by atoms with Gasteiger partial charge in [-0.05, 0) is 12.1 Å². The molecule has 5 heteroatoms. The molecule has 12 rings (SSSR count). The van der Waals surface area contributed by atoms with E-state index < -0.39 is 13.3 Å². The van der Waals surface area contributed by atoms with Crippen LogP contribution in [0.3, 0.4) is 0 Å². The predicted molar refractivity (Wildman–Crippen MR) is 237 cm³/mol. The van der Waals surface area contributed by atoms with Gasteiger partial charge in [0.1, 0.15) is 5.58 Å². The number of aromatic nitrogens is 3. The van der Waals surface area contributed by atoms with Crippen molar-refractivity contribution in [2.24, 2.45) is 0 Å². The summed E-state index contributed by atoms with van der Waals surface area (Å²) in [5.41, 5.74) is 10.4. The van der Waals surface area contributed by atoms with Crippen molar-refractivity contribution in [2.75, 3.05) is 0 Å². The molecule has 3 aromatic heterocycles. The van der Waals surface area contributed by atoms with Crippen molar-refractivity contribution in [3.8, 4) is 39.6 Å². The molecule has 266 valence electrons. The number of para-hydroxylation sites is 2. The van der Waals surface area contributed by atoms with Crippen molar-refractivity contribution in [1.29, 1.82) is 0 Å². The molecule has 0 saturated heterocycles. The van der Waals surface area contributed by atoms with E-state index in [1.807, 2.05) is 6.07 Å². The molecular weight excluding hydrogens is 755 g/mol. The third-order valence-electron chi connectivity index (χ3n) is 11.9. The summed E-state index contributed by atoms with van der Waals surface area (Å²) in [4.78, 5) is 11.2. The Labute approximate surface area is 331 Å². The van der Waals surface area contributed by atoms with E-state index >= 15 is 0 Å². The summed E-state index contributed by atoms with van der Waals surface area (Å²) < 4.78 is 14.4. The Morgan fingerprint density at radius 3 is 1.79 bits per heavy atom. The molecule has 11 aromatic rings. The fourth-order valence-electron chi connectivity index (χ4n) is 9.50. The minimum atomic E-state index is -3.62. The quantitative estimate of drug-likeness (QED) is 0.163. The molecule has 0 bridgehead atoms. The average Bonchev–Trinajstić information content (AvgIpc) is 3.94. The number of rotatable bonds is 5. The SMILES string of the molecule is c1ccc(-c2nc(-c3ccc(-n4c5ccccc5c5ccc6c7ccccc7oc6c54)cc3)nc3[c]2[Ge]([c]2ccccc2)([c]2ccccc2)[c]2ccccc2-3)cc1. The predicted octanol–water partition coefficient (Wildman–Crippen LogP) is 10.2. The third-order valence-corrected chi connectivity index (χ3v) is 22.1. The first-order valence-corrected chi connectivity index (χ1v) is 23.6. The second kappa shape index (κ2) is 12.5. The van der Waals surface area contributed by atoms with E-state index in [0.29, 0.717) is 0 Å². The van der Waals surface area contributed by atoms with Crippen molar-refractivity contribution in [2.45, 2.75) is 0 Å². The first-order chi connectivity index (χ1) is 28.3. The first kappa shape index (κ1) is 32.2. The Morgan fingerprint density at radius 2 is 1.04 bits per heavy atom. The zero-order valence-corrected chi connectivity index (χ0v) is 32.9. The fourth-order valence-corrected chi connectivity index (χ4v) is 20.5. The maximum absolute atomic E-state index is 6.62. The Hall–Kier alpha value is -7.02. The summed E-state index contributed by atoms with van der Waals surface area (Å²) >= 11 is -3.62. The minimum absolute atomic E-state index is 0.718. The molecule has 0 fully saturated rings. The van der Waals surface area contributed by atoms with E-state index in [1.54, 1.807) is 0 Å². The van der Waals surface area contributed by atoms with Gasteiger partial charge in [0.2, 0.25) is 0 Å². The molecular formula is C52H33GeN3O. The van der Waals surface area contributed by atoms with Crippen LogP contribution in [0, 0.1) is 0 Å². The van der Waals surface area contributed by atoms with Crippen LogP contribution in [0.1, 0.15) is 0 Å². The van der Waals surface area contributed by atoms with Crippen LogP contribution >= 0.6 is 0 Å². The number of hydrogen-bond donors (Lipinski definition) is 0. The fraction of sp³-hybridized carbons (Fsp3) is 0. The number of benzene rings is 8. The molecule has 1 aliphatic heterocycles. The van der Waals surface area contributed by atoms with Crippen molar-refractivity contribution in [3.63, 3.8) is 0 Å². The number of nitrogens with zero attached hydrogens (tertiary/aromatic N) is 3. The Morgan fingerprint density at radius 1 is 0.439 bits per heavy atom. The van der Waals surface area contributed by atoms with E-state index in [9.17, 15) is 0 Å². The van der Waals surface area contributed by atoms with E-state index in [2.05, 4.69) is 199 Å². The zero-order valence-electron chi connectivity index (χ0n) is 30.8. The van der Waals surface area contributed by atoms with Gasteiger partial charge in [-0.1, -0.05) is 24.3 Å². The molecule has 1 aliphatic rings. The molecule has 0 amide bonds. The summed E-state index contributed by atoms with van der Waals surface area (Å²) in [5.74, 6) is 0.718. The number of fused-ring (bicyclic) bond motifs is 10. The molecule has 0 atom stereocenters. The molecule has 0 unspecified atom stereocenters. The van der Waals surface area contributed by atoms with E-state index in [0.717, 1.165) is 67.0 Å². The zero-order chi connectivity index (χ0) is 37.5. The average molecular weight is 788 g/mol. The number of furan rings is 1. The Kier molecular flexibility index (Phi) is 7.07. The van der Waals surface area contributed by atoms with Gasteiger partial charge in [0.05, 0.1) is 0 Å². The summed E-state index contributed by atoms with van der Waals surface area (Å²) in [7, 11) is 0. The topological polar surface area (TPSA) is 43.9 Å². The van der Waals surface area contributed by atoms with Crippen LogP contribution < -0.4 is 17.6 Å². The van der Waals surface area contributed by atoms with Gasteiger partial charge >= 0.3 is 286 Å². The van der Waals surface area contributed by atoms with Crippen LogP contribution in [-0.4, -0.2) is 27.8 Å². The molecule has 57 heavy (non-hydrogen) atoms. The Bertz CT molecular complexity index is 3300. The van der Waals surface area contributed by atoms with Gasteiger partial charge < -0.3 is 0 Å². The monoisotopic (exact) mass is 789 g/mol. The summed E-state index contributed by atoms with van der Waals surface area (Å²) in [6.45, 7) is 0. The maximum atomic E-state index is 6.62. The second-order valence-electron chi connectivity index (χ2n) is 14.8. The van der Waals surface area contributed by atoms with Gasteiger partial charge in [-0.3, -0.25) is 0 Å². The molecule has 4 heterocycles. The summed E-state index contributed by atoms with van der Waals surface area (Å²) in [5, 5.41) is 4.60. The standard InChI is InChI=1S/C52H33GeN3O/c1-4-16-34(17-5-1)48-47-49(43-24-10-13-25-44(43)53(47,36-18-6-2-7-19-36)37-20-8-3-9-21-37)55-52(54-48)35-28-30-38(31-29-35)56-45-26-14-11-22-39(45)41-32-33-42-40-23-12-15-27-46(40)57-51(42)50(41)56/h1-33H. The number of hydrogen-bond acceptors (Lipinski definition) is 3. The second-order valence-corrected chi connectivity index (χ2v) is 22.6. The molecule has 0 spiro atoms. The molecule has 0 aliphatic carbocycles. The summed E-state index contributed by atoms with van der Waals surface area (Å²) in [6, 6.07) is 72.0. The van der Waals surface area contributed by atoms with Crippen molar-refractivity contribution in [3.05, 3.63) is 200 Å². The van der Waals surface area contributed by atoms with Crippen molar-refractivity contribution >= 4 is 74.6 Å². The van der Waals surface area contributed by atoms with Crippen molar-refractivity contribution in [1.82, 2.24) is 14.5 Å².